The van der Waals surface area contributed by atoms with E-state index in [1.165, 1.54) is 11.3 Å². The zero-order chi connectivity index (χ0) is 13.1. The van der Waals surface area contributed by atoms with Crippen LogP contribution in [0.5, 0.6) is 0 Å². The number of hydrogen-bond donors (Lipinski definition) is 2. The van der Waals surface area contributed by atoms with Crippen LogP contribution in [0.1, 0.15) is 16.6 Å². The summed E-state index contributed by atoms with van der Waals surface area (Å²) in [5.41, 5.74) is 6.66. The number of anilines is 2. The normalized spacial score (nSPS) is 10.3. The van der Waals surface area contributed by atoms with Crippen LogP contribution in [0, 0.1) is 3.95 Å². The number of nitrogen functional groups attached to an aromatic ring is 1. The SMILES string of the molecule is CCn1c(N)c(C(=O)Nc2ccccc2)sc1=S. The second-order valence-electron chi connectivity index (χ2n) is 3.65. The molecule has 4 nitrogen and oxygen atoms in total. The highest BCUT2D eigenvalue weighted by Gasteiger charge is 2.16. The van der Waals surface area contributed by atoms with Gasteiger partial charge in [-0.3, -0.25) is 4.79 Å². The summed E-state index contributed by atoms with van der Waals surface area (Å²) in [6.07, 6.45) is 0. The summed E-state index contributed by atoms with van der Waals surface area (Å²) in [5.74, 6) is 0.211. The van der Waals surface area contributed by atoms with Gasteiger partial charge in [0.05, 0.1) is 0 Å². The molecule has 3 N–H and O–H groups in total. The molecule has 0 saturated heterocycles. The highest BCUT2D eigenvalue weighted by Crippen LogP contribution is 2.23. The molecule has 0 saturated carbocycles. The van der Waals surface area contributed by atoms with Crippen molar-refractivity contribution in [3.63, 3.8) is 0 Å². The molecule has 18 heavy (non-hydrogen) atoms. The number of aromatic nitrogens is 1. The van der Waals surface area contributed by atoms with E-state index < -0.39 is 0 Å². The largest absolute Gasteiger partial charge is 0.384 e. The minimum Gasteiger partial charge on any atom is -0.384 e. The molecule has 1 aromatic heterocycles. The van der Waals surface area contributed by atoms with Crippen LogP contribution in [-0.2, 0) is 6.54 Å². The number of nitrogens with one attached hydrogen (secondary N) is 1. The lowest BCUT2D eigenvalue weighted by Crippen LogP contribution is -2.13. The van der Waals surface area contributed by atoms with Crippen LogP contribution < -0.4 is 11.1 Å². The van der Waals surface area contributed by atoms with Gasteiger partial charge in [-0.15, -0.1) is 0 Å². The van der Waals surface area contributed by atoms with Crippen molar-refractivity contribution >= 4 is 41.0 Å². The smallest absolute Gasteiger partial charge is 0.269 e. The molecule has 0 aliphatic carbocycles. The van der Waals surface area contributed by atoms with Crippen molar-refractivity contribution < 1.29 is 4.79 Å². The average molecular weight is 279 g/mol. The van der Waals surface area contributed by atoms with E-state index in [1.807, 2.05) is 37.3 Å². The summed E-state index contributed by atoms with van der Waals surface area (Å²) < 4.78 is 2.37. The van der Waals surface area contributed by atoms with E-state index in [4.69, 9.17) is 18.0 Å². The Morgan fingerprint density at radius 3 is 2.67 bits per heavy atom. The predicted octanol–water partition coefficient (Wildman–Crippen LogP) is 3.13. The summed E-state index contributed by atoms with van der Waals surface area (Å²) in [7, 11) is 0. The Morgan fingerprint density at radius 2 is 2.11 bits per heavy atom. The fraction of sp³-hybridized carbons (Fsp3) is 0.167. The maximum Gasteiger partial charge on any atom is 0.269 e. The Bertz CT molecular complexity index is 616. The van der Waals surface area contributed by atoms with Gasteiger partial charge in [0.2, 0.25) is 0 Å². The lowest BCUT2D eigenvalue weighted by Gasteiger charge is -2.04. The van der Waals surface area contributed by atoms with Gasteiger partial charge in [0.1, 0.15) is 10.7 Å². The van der Waals surface area contributed by atoms with E-state index in [9.17, 15) is 4.79 Å². The Labute approximate surface area is 114 Å². The third-order valence-electron chi connectivity index (χ3n) is 2.49. The number of rotatable bonds is 3. The zero-order valence-corrected chi connectivity index (χ0v) is 11.5. The first-order valence-electron chi connectivity index (χ1n) is 5.49. The lowest BCUT2D eigenvalue weighted by molar-refractivity contribution is 0.103. The maximum absolute atomic E-state index is 12.1. The molecule has 0 aliphatic rings. The molecular formula is C12H13N3OS2. The minimum absolute atomic E-state index is 0.220. The predicted molar refractivity (Wildman–Crippen MR) is 77.6 cm³/mol. The van der Waals surface area contributed by atoms with Gasteiger partial charge in [0.15, 0.2) is 3.95 Å². The fourth-order valence-corrected chi connectivity index (χ4v) is 2.94. The monoisotopic (exact) mass is 279 g/mol. The zero-order valence-electron chi connectivity index (χ0n) is 9.84. The van der Waals surface area contributed by atoms with E-state index in [1.54, 1.807) is 4.57 Å². The van der Waals surface area contributed by atoms with E-state index in [0.717, 1.165) is 5.69 Å². The van der Waals surface area contributed by atoms with Gasteiger partial charge in [-0.05, 0) is 31.3 Å². The molecule has 1 heterocycles. The number of nitrogens with zero attached hydrogens (tertiary/aromatic N) is 1. The first kappa shape index (κ1) is 12.8. The topological polar surface area (TPSA) is 60.0 Å². The van der Waals surface area contributed by atoms with Crippen molar-refractivity contribution in [1.82, 2.24) is 4.57 Å². The number of amides is 1. The second-order valence-corrected chi connectivity index (χ2v) is 5.29. The van der Waals surface area contributed by atoms with E-state index in [-0.39, 0.29) is 5.91 Å². The third-order valence-corrected chi connectivity index (χ3v) is 3.95. The molecule has 2 aromatic rings. The Balaban J connectivity index is 2.28. The van der Waals surface area contributed by atoms with Crippen LogP contribution >= 0.6 is 23.6 Å². The molecule has 0 bridgehead atoms. The molecule has 0 aliphatic heterocycles. The van der Waals surface area contributed by atoms with Gasteiger partial charge in [0, 0.05) is 12.2 Å². The molecule has 1 aromatic carbocycles. The number of benzene rings is 1. The number of para-hydroxylation sites is 1. The highest BCUT2D eigenvalue weighted by atomic mass is 32.1. The van der Waals surface area contributed by atoms with Crippen LogP contribution in [0.2, 0.25) is 0 Å². The summed E-state index contributed by atoms with van der Waals surface area (Å²) in [5, 5.41) is 2.80. The third kappa shape index (κ3) is 2.44. The van der Waals surface area contributed by atoms with Gasteiger partial charge < -0.3 is 15.6 Å². The Hall–Kier alpha value is -1.66. The summed E-state index contributed by atoms with van der Waals surface area (Å²) >= 11 is 6.40. The van der Waals surface area contributed by atoms with E-state index in [0.29, 0.717) is 21.2 Å². The summed E-state index contributed by atoms with van der Waals surface area (Å²) in [6.45, 7) is 2.61. The fourth-order valence-electron chi connectivity index (χ4n) is 1.59. The molecule has 0 fully saturated rings. The molecule has 0 unspecified atom stereocenters. The van der Waals surface area contributed by atoms with Crippen LogP contribution in [0.15, 0.2) is 30.3 Å². The lowest BCUT2D eigenvalue weighted by atomic mass is 10.3. The molecule has 0 atom stereocenters. The van der Waals surface area contributed by atoms with Gasteiger partial charge in [-0.2, -0.15) is 0 Å². The molecule has 1 amide bonds. The van der Waals surface area contributed by atoms with Crippen LogP contribution in [-0.4, -0.2) is 10.5 Å². The molecule has 0 spiro atoms. The number of carbonyl (C=O) groups is 1. The van der Waals surface area contributed by atoms with Crippen LogP contribution in [0.4, 0.5) is 11.5 Å². The summed E-state index contributed by atoms with van der Waals surface area (Å²) in [6, 6.07) is 9.26. The van der Waals surface area contributed by atoms with Gasteiger partial charge in [-0.25, -0.2) is 0 Å². The number of carbonyl (C=O) groups excluding carboxylic acids is 1. The van der Waals surface area contributed by atoms with Crippen molar-refractivity contribution in [3.05, 3.63) is 39.2 Å². The molecule has 6 heteroatoms. The van der Waals surface area contributed by atoms with Crippen LogP contribution in [0.3, 0.4) is 0 Å². The number of thiazole rings is 1. The minimum atomic E-state index is -0.220. The van der Waals surface area contributed by atoms with Gasteiger partial charge >= 0.3 is 0 Å². The molecular weight excluding hydrogens is 266 g/mol. The molecule has 2 rings (SSSR count). The molecule has 94 valence electrons. The summed E-state index contributed by atoms with van der Waals surface area (Å²) in [4.78, 5) is 12.5. The second kappa shape index (κ2) is 5.32. The average Bonchev–Trinajstić information content (AvgIpc) is 2.65. The van der Waals surface area contributed by atoms with Gasteiger partial charge in [-0.1, -0.05) is 29.5 Å². The van der Waals surface area contributed by atoms with E-state index in [2.05, 4.69) is 5.32 Å². The number of nitrogens with two attached hydrogens (primary N) is 1. The first-order chi connectivity index (χ1) is 8.63. The van der Waals surface area contributed by atoms with Crippen molar-refractivity contribution in [2.24, 2.45) is 0 Å². The van der Waals surface area contributed by atoms with Gasteiger partial charge in [0.25, 0.3) is 5.91 Å². The number of hydrogen-bond acceptors (Lipinski definition) is 4. The maximum atomic E-state index is 12.1. The Kier molecular flexibility index (Phi) is 3.78. The van der Waals surface area contributed by atoms with Crippen molar-refractivity contribution in [2.75, 3.05) is 11.1 Å². The van der Waals surface area contributed by atoms with Crippen molar-refractivity contribution in [1.29, 1.82) is 0 Å². The quantitative estimate of drug-likeness (QED) is 0.849. The first-order valence-corrected chi connectivity index (χ1v) is 6.71. The van der Waals surface area contributed by atoms with Crippen molar-refractivity contribution in [3.8, 4) is 0 Å². The van der Waals surface area contributed by atoms with Crippen LogP contribution in [0.25, 0.3) is 0 Å². The standard InChI is InChI=1S/C12H13N3OS2/c1-2-15-10(13)9(18-12(15)17)11(16)14-8-6-4-3-5-7-8/h3-7H,2,13H2,1H3,(H,14,16). The highest BCUT2D eigenvalue weighted by molar-refractivity contribution is 7.73. The Morgan fingerprint density at radius 1 is 1.44 bits per heavy atom. The van der Waals surface area contributed by atoms with Crippen molar-refractivity contribution in [2.45, 2.75) is 13.5 Å². The molecule has 0 radical (unpaired) electrons. The van der Waals surface area contributed by atoms with E-state index >= 15 is 0 Å².